The number of halogens is 1. The minimum Gasteiger partial charge on any atom is -0.387 e. The summed E-state index contributed by atoms with van der Waals surface area (Å²) in [7, 11) is 0. The maximum atomic E-state index is 14.4. The number of nitrogens with zero attached hydrogens (tertiary/aromatic N) is 2. The number of likely N-dealkylation sites (tertiary alicyclic amines) is 1. The monoisotopic (exact) mass is 640 g/mol. The van der Waals surface area contributed by atoms with Crippen molar-refractivity contribution in [3.8, 4) is 0 Å². The minimum atomic E-state index is -1.00. The Morgan fingerprint density at radius 2 is 1.84 bits per heavy atom. The highest BCUT2D eigenvalue weighted by atomic mass is 35.5. The first-order valence-corrected chi connectivity index (χ1v) is 16.5. The van der Waals surface area contributed by atoms with Gasteiger partial charge in [-0.25, -0.2) is 0 Å². The van der Waals surface area contributed by atoms with Gasteiger partial charge < -0.3 is 20.4 Å². The number of rotatable bonds is 12. The molecule has 1 spiro atoms. The van der Waals surface area contributed by atoms with Gasteiger partial charge in [-0.2, -0.15) is 0 Å². The Balaban J connectivity index is 1.40. The zero-order valence-electron chi connectivity index (χ0n) is 26.9. The van der Waals surface area contributed by atoms with E-state index in [1.54, 1.807) is 12.1 Å². The molecule has 3 fully saturated rings. The lowest BCUT2D eigenvalue weighted by atomic mass is 9.85. The molecular weight excluding hydrogens is 596 g/mol. The van der Waals surface area contributed by atoms with Crippen molar-refractivity contribution in [2.24, 2.45) is 21.9 Å². The largest absolute Gasteiger partial charge is 0.387 e. The van der Waals surface area contributed by atoms with Crippen molar-refractivity contribution < 1.29 is 28.8 Å². The van der Waals surface area contributed by atoms with E-state index in [1.165, 1.54) is 4.90 Å². The third-order valence-corrected chi connectivity index (χ3v) is 9.81. The van der Waals surface area contributed by atoms with E-state index in [9.17, 15) is 24.0 Å². The van der Waals surface area contributed by atoms with Crippen LogP contribution in [0.1, 0.15) is 98.0 Å². The SMILES string of the molecule is CCC[C@H](NC(=O)[C@@H]1C[C@]2(CC(c3cccc(Cl)c3)=NO2)CN1C(=O)[C@@H](NC(=O)C1(C)CC1)C(C)(C)C)C(=O)C(=O)CC1CC1. The third kappa shape index (κ3) is 7.42. The van der Waals surface area contributed by atoms with Crippen molar-refractivity contribution in [2.75, 3.05) is 6.54 Å². The van der Waals surface area contributed by atoms with Crippen molar-refractivity contribution >= 4 is 46.6 Å². The molecule has 2 heterocycles. The quantitative estimate of drug-likeness (QED) is 0.326. The molecule has 0 radical (unpaired) electrons. The fraction of sp³-hybridized carbons (Fsp3) is 0.647. The molecule has 1 aromatic rings. The lowest BCUT2D eigenvalue weighted by Crippen LogP contribution is -2.59. The number of hydrogen-bond donors (Lipinski definition) is 2. The predicted molar refractivity (Wildman–Crippen MR) is 169 cm³/mol. The van der Waals surface area contributed by atoms with Gasteiger partial charge in [-0.1, -0.05) is 69.9 Å². The zero-order chi connectivity index (χ0) is 32.7. The van der Waals surface area contributed by atoms with Crippen molar-refractivity contribution in [2.45, 2.75) is 116 Å². The van der Waals surface area contributed by atoms with Gasteiger partial charge in [-0.3, -0.25) is 24.0 Å². The molecule has 2 aliphatic carbocycles. The summed E-state index contributed by atoms with van der Waals surface area (Å²) in [6.07, 6.45) is 4.95. The standard InChI is InChI=1S/C34H45ClN4O6/c1-6-8-23(27(41)26(40)15-20-11-12-20)36-29(42)25-18-34(17-24(38-45-34)21-9-7-10-22(35)16-21)19-39(25)30(43)28(32(2,3)4)37-31(44)33(5)13-14-33/h7,9-10,16,20,23,25,28H,6,8,11-15,17-19H2,1-5H3,(H,36,42)(H,37,44)/t23-,25-,28+,34+/m0/s1. The fourth-order valence-corrected chi connectivity index (χ4v) is 6.38. The molecule has 244 valence electrons. The summed E-state index contributed by atoms with van der Waals surface area (Å²) >= 11 is 6.22. The van der Waals surface area contributed by atoms with E-state index in [0.717, 1.165) is 31.2 Å². The molecule has 11 heteroatoms. The van der Waals surface area contributed by atoms with Crippen molar-refractivity contribution in [1.29, 1.82) is 0 Å². The molecule has 3 amide bonds. The Kier molecular flexibility index (Phi) is 9.19. The van der Waals surface area contributed by atoms with Gasteiger partial charge in [0.1, 0.15) is 12.1 Å². The lowest BCUT2D eigenvalue weighted by Gasteiger charge is -2.36. The molecule has 5 rings (SSSR count). The van der Waals surface area contributed by atoms with Crippen molar-refractivity contribution in [3.63, 3.8) is 0 Å². The van der Waals surface area contributed by atoms with Gasteiger partial charge in [-0.15, -0.1) is 0 Å². The van der Waals surface area contributed by atoms with Crippen LogP contribution in [0.25, 0.3) is 0 Å². The highest BCUT2D eigenvalue weighted by Crippen LogP contribution is 2.46. The number of amides is 3. The smallest absolute Gasteiger partial charge is 0.246 e. The first kappa shape index (κ1) is 33.1. The molecule has 4 aliphatic rings. The Hall–Kier alpha value is -3.27. The molecule has 2 aliphatic heterocycles. The number of oxime groups is 1. The average Bonchev–Trinajstić information content (AvgIpc) is 3.88. The highest BCUT2D eigenvalue weighted by molar-refractivity contribution is 6.39. The molecule has 10 nitrogen and oxygen atoms in total. The summed E-state index contributed by atoms with van der Waals surface area (Å²) in [6.45, 7) is 9.45. The zero-order valence-corrected chi connectivity index (χ0v) is 27.7. The summed E-state index contributed by atoms with van der Waals surface area (Å²) < 4.78 is 0. The molecule has 1 aromatic carbocycles. The van der Waals surface area contributed by atoms with Crippen LogP contribution >= 0.6 is 11.6 Å². The fourth-order valence-electron chi connectivity index (χ4n) is 6.19. The predicted octanol–water partition coefficient (Wildman–Crippen LogP) is 4.36. The van der Waals surface area contributed by atoms with Crippen LogP contribution < -0.4 is 10.6 Å². The number of Topliss-reactive ketones (excluding diaryl/α,β-unsaturated/α-hetero) is 2. The highest BCUT2D eigenvalue weighted by Gasteiger charge is 2.56. The number of nitrogens with one attached hydrogen (secondary N) is 2. The molecule has 0 bridgehead atoms. The molecule has 2 N–H and O–H groups in total. The van der Waals surface area contributed by atoms with E-state index in [0.29, 0.717) is 30.0 Å². The van der Waals surface area contributed by atoms with E-state index in [1.807, 2.05) is 46.8 Å². The van der Waals surface area contributed by atoms with E-state index in [-0.39, 0.29) is 31.2 Å². The van der Waals surface area contributed by atoms with E-state index >= 15 is 0 Å². The summed E-state index contributed by atoms with van der Waals surface area (Å²) in [5.74, 6) is -1.92. The molecule has 0 unspecified atom stereocenters. The van der Waals surface area contributed by atoms with Gasteiger partial charge in [0.25, 0.3) is 0 Å². The van der Waals surface area contributed by atoms with Crippen LogP contribution in [0.5, 0.6) is 0 Å². The second-order valence-electron chi connectivity index (χ2n) is 14.8. The Labute approximate surface area is 270 Å². The summed E-state index contributed by atoms with van der Waals surface area (Å²) in [4.78, 5) is 75.0. The topological polar surface area (TPSA) is 134 Å². The van der Waals surface area contributed by atoms with Gasteiger partial charge >= 0.3 is 0 Å². The second-order valence-corrected chi connectivity index (χ2v) is 15.2. The van der Waals surface area contributed by atoms with E-state index < -0.39 is 57.9 Å². The van der Waals surface area contributed by atoms with Gasteiger partial charge in [0.05, 0.1) is 18.3 Å². The van der Waals surface area contributed by atoms with Gasteiger partial charge in [0, 0.05) is 35.3 Å². The number of carbonyl (C=O) groups excluding carboxylic acids is 5. The van der Waals surface area contributed by atoms with Crippen LogP contribution in [0.15, 0.2) is 29.4 Å². The van der Waals surface area contributed by atoms with Gasteiger partial charge in [-0.05, 0) is 55.6 Å². The van der Waals surface area contributed by atoms with Gasteiger partial charge in [0.2, 0.25) is 29.3 Å². The number of hydrogen-bond acceptors (Lipinski definition) is 7. The van der Waals surface area contributed by atoms with Crippen LogP contribution in [0.4, 0.5) is 0 Å². The maximum Gasteiger partial charge on any atom is 0.246 e. The Morgan fingerprint density at radius 3 is 2.44 bits per heavy atom. The molecule has 45 heavy (non-hydrogen) atoms. The molecule has 0 aromatic heterocycles. The van der Waals surface area contributed by atoms with Crippen LogP contribution in [-0.4, -0.2) is 70.2 Å². The summed E-state index contributed by atoms with van der Waals surface area (Å²) in [6, 6.07) is 4.36. The third-order valence-electron chi connectivity index (χ3n) is 9.58. The molecule has 1 saturated heterocycles. The lowest BCUT2D eigenvalue weighted by molar-refractivity contribution is -0.145. The summed E-state index contributed by atoms with van der Waals surface area (Å²) in [5, 5.41) is 10.7. The first-order valence-electron chi connectivity index (χ1n) is 16.1. The average molecular weight is 641 g/mol. The molecule has 2 saturated carbocycles. The Bertz CT molecular complexity index is 1410. The van der Waals surface area contributed by atoms with Crippen LogP contribution in [0.3, 0.4) is 0 Å². The number of ketones is 2. The normalized spacial score (nSPS) is 24.8. The number of benzene rings is 1. The van der Waals surface area contributed by atoms with Gasteiger partial charge in [0.15, 0.2) is 5.60 Å². The first-order chi connectivity index (χ1) is 21.1. The van der Waals surface area contributed by atoms with Crippen LogP contribution in [0.2, 0.25) is 5.02 Å². The van der Waals surface area contributed by atoms with E-state index in [4.69, 9.17) is 16.4 Å². The Morgan fingerprint density at radius 1 is 1.13 bits per heavy atom. The van der Waals surface area contributed by atoms with Crippen LogP contribution in [0, 0.1) is 16.7 Å². The minimum absolute atomic E-state index is 0.0597. The number of carbonyl (C=O) groups is 5. The summed E-state index contributed by atoms with van der Waals surface area (Å²) in [5.41, 5.74) is -0.717. The second kappa shape index (κ2) is 12.5. The van der Waals surface area contributed by atoms with Crippen molar-refractivity contribution in [1.82, 2.24) is 15.5 Å². The maximum absolute atomic E-state index is 14.4. The molecule has 4 atom stereocenters. The van der Waals surface area contributed by atoms with Crippen molar-refractivity contribution in [3.05, 3.63) is 34.9 Å². The van der Waals surface area contributed by atoms with E-state index in [2.05, 4.69) is 15.8 Å². The van der Waals surface area contributed by atoms with Crippen LogP contribution in [-0.2, 0) is 28.8 Å². The molecular formula is C34H45ClN4O6.